The number of hydrogen-bond acceptors (Lipinski definition) is 6. The molecule has 0 saturated heterocycles. The standard InChI is InChI=1S/C21H20N2O5/c1-13-10-19(23-28-13)22-21(25)14(2)27-20(24)9-5-15-4-6-17-12-18(26-3)8-7-16(17)11-15/h4-12,14H,1-3H3,(H,22,23,25)/b9-5+/t14-/m0/s1. The molecule has 0 saturated carbocycles. The van der Waals surface area contributed by atoms with Gasteiger partial charge in [0.25, 0.3) is 5.91 Å². The molecule has 0 aliphatic rings. The number of rotatable bonds is 6. The zero-order chi connectivity index (χ0) is 20.1. The fraction of sp³-hybridized carbons (Fsp3) is 0.190. The van der Waals surface area contributed by atoms with Gasteiger partial charge in [-0.2, -0.15) is 0 Å². The highest BCUT2D eigenvalue weighted by Crippen LogP contribution is 2.22. The Morgan fingerprint density at radius 1 is 1.14 bits per heavy atom. The van der Waals surface area contributed by atoms with Crippen molar-refractivity contribution >= 4 is 34.5 Å². The Morgan fingerprint density at radius 3 is 2.61 bits per heavy atom. The van der Waals surface area contributed by atoms with E-state index < -0.39 is 18.0 Å². The van der Waals surface area contributed by atoms with Crippen LogP contribution in [0.5, 0.6) is 5.75 Å². The van der Waals surface area contributed by atoms with Gasteiger partial charge in [-0.15, -0.1) is 0 Å². The molecular weight excluding hydrogens is 360 g/mol. The molecule has 28 heavy (non-hydrogen) atoms. The molecule has 1 heterocycles. The molecule has 1 N–H and O–H groups in total. The largest absolute Gasteiger partial charge is 0.497 e. The molecule has 3 rings (SSSR count). The molecule has 0 bridgehead atoms. The van der Waals surface area contributed by atoms with Gasteiger partial charge in [-0.05, 0) is 54.5 Å². The van der Waals surface area contributed by atoms with E-state index in [4.69, 9.17) is 14.0 Å². The van der Waals surface area contributed by atoms with Crippen molar-refractivity contribution in [2.75, 3.05) is 12.4 Å². The fourth-order valence-electron chi connectivity index (χ4n) is 2.56. The Hall–Kier alpha value is -3.61. The van der Waals surface area contributed by atoms with Gasteiger partial charge in [0.2, 0.25) is 0 Å². The number of carbonyl (C=O) groups excluding carboxylic acids is 2. The average molecular weight is 380 g/mol. The van der Waals surface area contributed by atoms with E-state index in [-0.39, 0.29) is 5.82 Å². The maximum Gasteiger partial charge on any atom is 0.331 e. The van der Waals surface area contributed by atoms with Gasteiger partial charge in [0.1, 0.15) is 11.5 Å². The number of amides is 1. The van der Waals surface area contributed by atoms with Crippen LogP contribution in [0.15, 0.2) is 53.1 Å². The van der Waals surface area contributed by atoms with Crippen molar-refractivity contribution in [2.24, 2.45) is 0 Å². The fourth-order valence-corrected chi connectivity index (χ4v) is 2.56. The molecule has 0 spiro atoms. The van der Waals surface area contributed by atoms with Gasteiger partial charge < -0.3 is 19.3 Å². The number of nitrogens with zero attached hydrogens (tertiary/aromatic N) is 1. The molecule has 2 aromatic carbocycles. The summed E-state index contributed by atoms with van der Waals surface area (Å²) in [6.07, 6.45) is 1.95. The summed E-state index contributed by atoms with van der Waals surface area (Å²) in [6.45, 7) is 3.19. The average Bonchev–Trinajstić information content (AvgIpc) is 3.10. The molecule has 3 aromatic rings. The number of carbonyl (C=O) groups is 2. The summed E-state index contributed by atoms with van der Waals surface area (Å²) in [7, 11) is 1.62. The molecule has 0 aliphatic heterocycles. The van der Waals surface area contributed by atoms with Crippen LogP contribution in [0.4, 0.5) is 5.82 Å². The zero-order valence-electron chi connectivity index (χ0n) is 15.8. The maximum atomic E-state index is 12.0. The second-order valence-corrected chi connectivity index (χ2v) is 6.20. The first-order chi connectivity index (χ1) is 13.4. The van der Waals surface area contributed by atoms with Crippen molar-refractivity contribution in [3.8, 4) is 5.75 Å². The van der Waals surface area contributed by atoms with Crippen molar-refractivity contribution in [3.05, 3.63) is 59.9 Å². The van der Waals surface area contributed by atoms with Crippen LogP contribution in [-0.4, -0.2) is 30.2 Å². The molecule has 144 valence electrons. The minimum atomic E-state index is -0.974. The number of benzene rings is 2. The minimum absolute atomic E-state index is 0.272. The van der Waals surface area contributed by atoms with E-state index in [0.717, 1.165) is 22.1 Å². The molecule has 0 radical (unpaired) electrons. The van der Waals surface area contributed by atoms with Crippen molar-refractivity contribution in [3.63, 3.8) is 0 Å². The summed E-state index contributed by atoms with van der Waals surface area (Å²) in [5, 5.41) is 8.23. The van der Waals surface area contributed by atoms with Crippen LogP contribution in [0.25, 0.3) is 16.8 Å². The monoisotopic (exact) mass is 380 g/mol. The van der Waals surface area contributed by atoms with Crippen LogP contribution in [0.1, 0.15) is 18.2 Å². The highest BCUT2D eigenvalue weighted by Gasteiger charge is 2.18. The lowest BCUT2D eigenvalue weighted by Gasteiger charge is -2.10. The first-order valence-corrected chi connectivity index (χ1v) is 8.65. The van der Waals surface area contributed by atoms with E-state index in [9.17, 15) is 9.59 Å². The van der Waals surface area contributed by atoms with Crippen LogP contribution in [-0.2, 0) is 14.3 Å². The Balaban J connectivity index is 1.59. The summed E-state index contributed by atoms with van der Waals surface area (Å²) in [6, 6.07) is 13.1. The van der Waals surface area contributed by atoms with Gasteiger partial charge in [0.15, 0.2) is 11.9 Å². The van der Waals surface area contributed by atoms with Gasteiger partial charge in [0, 0.05) is 12.1 Å². The van der Waals surface area contributed by atoms with E-state index >= 15 is 0 Å². The molecule has 7 nitrogen and oxygen atoms in total. The Morgan fingerprint density at radius 2 is 1.89 bits per heavy atom. The number of hydrogen-bond donors (Lipinski definition) is 1. The maximum absolute atomic E-state index is 12.0. The first-order valence-electron chi connectivity index (χ1n) is 8.65. The number of esters is 1. The van der Waals surface area contributed by atoms with Crippen molar-refractivity contribution in [2.45, 2.75) is 20.0 Å². The van der Waals surface area contributed by atoms with E-state index in [2.05, 4.69) is 10.5 Å². The SMILES string of the molecule is COc1ccc2cc(/C=C/C(=O)O[C@@H](C)C(=O)Nc3cc(C)on3)ccc2c1. The third-order valence-electron chi connectivity index (χ3n) is 4.02. The number of fused-ring (bicyclic) bond motifs is 1. The van der Waals surface area contributed by atoms with E-state index in [1.165, 1.54) is 13.0 Å². The summed E-state index contributed by atoms with van der Waals surface area (Å²) in [5.41, 5.74) is 0.838. The van der Waals surface area contributed by atoms with Crippen LogP contribution < -0.4 is 10.1 Å². The number of aryl methyl sites for hydroxylation is 1. The smallest absolute Gasteiger partial charge is 0.331 e. The Kier molecular flexibility index (Phi) is 5.74. The normalized spacial score (nSPS) is 12.1. The molecular formula is C21H20N2O5. The third kappa shape index (κ3) is 4.76. The third-order valence-corrected chi connectivity index (χ3v) is 4.02. The molecule has 0 unspecified atom stereocenters. The summed E-state index contributed by atoms with van der Waals surface area (Å²) in [4.78, 5) is 24.0. The number of aromatic nitrogens is 1. The van der Waals surface area contributed by atoms with Crippen LogP contribution >= 0.6 is 0 Å². The van der Waals surface area contributed by atoms with E-state index in [1.54, 1.807) is 26.2 Å². The first kappa shape index (κ1) is 19.2. The van der Waals surface area contributed by atoms with Crippen LogP contribution in [0, 0.1) is 6.92 Å². The summed E-state index contributed by atoms with van der Waals surface area (Å²) >= 11 is 0. The number of anilines is 1. The van der Waals surface area contributed by atoms with Crippen molar-refractivity contribution in [1.82, 2.24) is 5.16 Å². The Labute approximate surface area is 161 Å². The predicted octanol–water partition coefficient (Wildman–Crippen LogP) is 3.73. The van der Waals surface area contributed by atoms with Gasteiger partial charge >= 0.3 is 5.97 Å². The topological polar surface area (TPSA) is 90.7 Å². The second-order valence-electron chi connectivity index (χ2n) is 6.20. The van der Waals surface area contributed by atoms with Gasteiger partial charge in [-0.3, -0.25) is 4.79 Å². The van der Waals surface area contributed by atoms with Gasteiger partial charge in [-0.25, -0.2) is 4.79 Å². The summed E-state index contributed by atoms with van der Waals surface area (Å²) in [5.74, 6) is 0.515. The van der Waals surface area contributed by atoms with E-state index in [0.29, 0.717) is 5.76 Å². The molecule has 7 heteroatoms. The highest BCUT2D eigenvalue weighted by molar-refractivity contribution is 5.96. The Bertz CT molecular complexity index is 1040. The second kappa shape index (κ2) is 8.39. The lowest BCUT2D eigenvalue weighted by atomic mass is 10.1. The van der Waals surface area contributed by atoms with Crippen LogP contribution in [0.3, 0.4) is 0 Å². The zero-order valence-corrected chi connectivity index (χ0v) is 15.8. The molecule has 0 fully saturated rings. The number of ether oxygens (including phenoxy) is 2. The quantitative estimate of drug-likeness (QED) is 0.518. The lowest BCUT2D eigenvalue weighted by Crippen LogP contribution is -2.29. The summed E-state index contributed by atoms with van der Waals surface area (Å²) < 4.78 is 15.2. The molecule has 1 atom stereocenters. The van der Waals surface area contributed by atoms with Crippen molar-refractivity contribution in [1.29, 1.82) is 0 Å². The minimum Gasteiger partial charge on any atom is -0.497 e. The highest BCUT2D eigenvalue weighted by atomic mass is 16.5. The van der Waals surface area contributed by atoms with E-state index in [1.807, 2.05) is 36.4 Å². The van der Waals surface area contributed by atoms with Crippen molar-refractivity contribution < 1.29 is 23.6 Å². The molecule has 1 aromatic heterocycles. The lowest BCUT2D eigenvalue weighted by molar-refractivity contribution is -0.148. The van der Waals surface area contributed by atoms with Gasteiger partial charge in [0.05, 0.1) is 7.11 Å². The number of nitrogens with one attached hydrogen (secondary N) is 1. The molecule has 0 aliphatic carbocycles. The predicted molar refractivity (Wildman–Crippen MR) is 105 cm³/mol. The molecule has 1 amide bonds. The van der Waals surface area contributed by atoms with Crippen LogP contribution in [0.2, 0.25) is 0 Å². The number of methoxy groups -OCH3 is 1. The van der Waals surface area contributed by atoms with Gasteiger partial charge in [-0.1, -0.05) is 23.4 Å².